The molecule has 0 saturated carbocycles. The Morgan fingerprint density at radius 3 is 2.88 bits per heavy atom. The Labute approximate surface area is 146 Å². The minimum Gasteiger partial charge on any atom is -0.419 e. The van der Waals surface area contributed by atoms with E-state index in [1.54, 1.807) is 12.1 Å². The Hall–Kier alpha value is -1.92. The minimum absolute atomic E-state index is 0.0354. The van der Waals surface area contributed by atoms with E-state index < -0.39 is 0 Å². The standard InChI is InChI=1S/C17H21ClN4O2/c1-3-17(4-2)10-20-15(23)14(17)19-9-13-21-22-16(24-13)11-6-5-7-12(18)8-11/h5-8,14,19H,3-4,9-10H2,1-2H3,(H,20,23). The number of aromatic nitrogens is 2. The van der Waals surface area contributed by atoms with Crippen LogP contribution in [-0.2, 0) is 11.3 Å². The third-order valence-electron chi connectivity index (χ3n) is 4.89. The molecule has 1 aliphatic heterocycles. The van der Waals surface area contributed by atoms with Gasteiger partial charge in [0, 0.05) is 22.5 Å². The summed E-state index contributed by atoms with van der Waals surface area (Å²) in [6.45, 7) is 5.28. The molecule has 0 radical (unpaired) electrons. The molecule has 24 heavy (non-hydrogen) atoms. The smallest absolute Gasteiger partial charge is 0.247 e. The lowest BCUT2D eigenvalue weighted by molar-refractivity contribution is -0.122. The summed E-state index contributed by atoms with van der Waals surface area (Å²) in [6.07, 6.45) is 1.86. The first-order valence-electron chi connectivity index (χ1n) is 8.17. The van der Waals surface area contributed by atoms with Gasteiger partial charge in [-0.2, -0.15) is 0 Å². The maximum Gasteiger partial charge on any atom is 0.247 e. The first kappa shape index (κ1) is 16.9. The number of nitrogens with one attached hydrogen (secondary N) is 2. The Balaban J connectivity index is 1.70. The lowest BCUT2D eigenvalue weighted by Gasteiger charge is -2.31. The van der Waals surface area contributed by atoms with Crippen molar-refractivity contribution in [3.05, 3.63) is 35.2 Å². The predicted molar refractivity (Wildman–Crippen MR) is 91.4 cm³/mol. The summed E-state index contributed by atoms with van der Waals surface area (Å²) in [5, 5.41) is 15.0. The Morgan fingerprint density at radius 2 is 2.17 bits per heavy atom. The minimum atomic E-state index is -0.242. The van der Waals surface area contributed by atoms with Gasteiger partial charge in [-0.3, -0.25) is 10.1 Å². The normalized spacial score (nSPS) is 19.5. The van der Waals surface area contributed by atoms with Crippen LogP contribution >= 0.6 is 11.6 Å². The lowest BCUT2D eigenvalue weighted by atomic mass is 9.78. The third kappa shape index (κ3) is 3.16. The van der Waals surface area contributed by atoms with E-state index in [4.69, 9.17) is 16.0 Å². The number of rotatable bonds is 6. The number of nitrogens with zero attached hydrogens (tertiary/aromatic N) is 2. The van der Waals surface area contributed by atoms with E-state index in [1.807, 2.05) is 12.1 Å². The molecule has 1 atom stereocenters. The van der Waals surface area contributed by atoms with Crippen LogP contribution in [0.25, 0.3) is 11.5 Å². The molecule has 0 spiro atoms. The number of carbonyl (C=O) groups is 1. The van der Waals surface area contributed by atoms with Crippen LogP contribution in [0.15, 0.2) is 28.7 Å². The zero-order valence-corrected chi connectivity index (χ0v) is 14.6. The molecule has 1 saturated heterocycles. The average Bonchev–Trinajstić information content (AvgIpc) is 3.18. The summed E-state index contributed by atoms with van der Waals surface area (Å²) in [4.78, 5) is 12.1. The van der Waals surface area contributed by atoms with Gasteiger partial charge in [0.25, 0.3) is 0 Å². The summed E-state index contributed by atoms with van der Waals surface area (Å²) in [6, 6.07) is 7.02. The van der Waals surface area contributed by atoms with Crippen LogP contribution in [0.5, 0.6) is 0 Å². The van der Waals surface area contributed by atoms with Crippen LogP contribution in [0.4, 0.5) is 0 Å². The van der Waals surface area contributed by atoms with Crippen LogP contribution in [0, 0.1) is 5.41 Å². The van der Waals surface area contributed by atoms with Crippen molar-refractivity contribution in [1.29, 1.82) is 0 Å². The number of benzene rings is 1. The molecule has 2 heterocycles. The van der Waals surface area contributed by atoms with Gasteiger partial charge in [0.2, 0.25) is 17.7 Å². The van der Waals surface area contributed by atoms with Crippen LogP contribution < -0.4 is 10.6 Å². The summed E-state index contributed by atoms with van der Waals surface area (Å²) in [7, 11) is 0. The monoisotopic (exact) mass is 348 g/mol. The molecular weight excluding hydrogens is 328 g/mol. The van der Waals surface area contributed by atoms with E-state index in [0.29, 0.717) is 29.9 Å². The van der Waals surface area contributed by atoms with E-state index in [2.05, 4.69) is 34.7 Å². The van der Waals surface area contributed by atoms with Crippen LogP contribution in [0.2, 0.25) is 5.02 Å². The van der Waals surface area contributed by atoms with Crippen molar-refractivity contribution in [3.8, 4) is 11.5 Å². The second-order valence-electron chi connectivity index (χ2n) is 6.11. The maximum atomic E-state index is 12.1. The van der Waals surface area contributed by atoms with E-state index in [1.165, 1.54) is 0 Å². The lowest BCUT2D eigenvalue weighted by Crippen LogP contribution is -2.45. The molecule has 3 rings (SSSR count). The van der Waals surface area contributed by atoms with Gasteiger partial charge < -0.3 is 9.73 Å². The van der Waals surface area contributed by atoms with E-state index in [0.717, 1.165) is 18.4 Å². The third-order valence-corrected chi connectivity index (χ3v) is 5.13. The fraction of sp³-hybridized carbons (Fsp3) is 0.471. The number of halogens is 1. The molecule has 1 aromatic heterocycles. The average molecular weight is 349 g/mol. The zero-order valence-electron chi connectivity index (χ0n) is 13.8. The first-order valence-corrected chi connectivity index (χ1v) is 8.55. The molecule has 0 bridgehead atoms. The van der Waals surface area contributed by atoms with E-state index >= 15 is 0 Å². The molecule has 1 unspecified atom stereocenters. The number of hydrogen-bond donors (Lipinski definition) is 2. The van der Waals surface area contributed by atoms with Crippen LogP contribution in [0.3, 0.4) is 0 Å². The topological polar surface area (TPSA) is 80.0 Å². The quantitative estimate of drug-likeness (QED) is 0.839. The molecule has 1 aliphatic rings. The fourth-order valence-corrected chi connectivity index (χ4v) is 3.41. The van der Waals surface area contributed by atoms with E-state index in [9.17, 15) is 4.79 Å². The fourth-order valence-electron chi connectivity index (χ4n) is 3.22. The Morgan fingerprint density at radius 1 is 1.38 bits per heavy atom. The molecule has 1 fully saturated rings. The summed E-state index contributed by atoms with van der Waals surface area (Å²) in [5.41, 5.74) is 0.712. The van der Waals surface area contributed by atoms with Crippen molar-refractivity contribution in [1.82, 2.24) is 20.8 Å². The summed E-state index contributed by atoms with van der Waals surface area (Å²) >= 11 is 5.98. The number of hydrogen-bond acceptors (Lipinski definition) is 5. The van der Waals surface area contributed by atoms with Crippen molar-refractivity contribution in [2.45, 2.75) is 39.3 Å². The molecule has 0 aliphatic carbocycles. The van der Waals surface area contributed by atoms with Gasteiger partial charge in [-0.25, -0.2) is 0 Å². The van der Waals surface area contributed by atoms with Gasteiger partial charge in [-0.1, -0.05) is 31.5 Å². The van der Waals surface area contributed by atoms with Crippen molar-refractivity contribution in [2.75, 3.05) is 6.54 Å². The second-order valence-corrected chi connectivity index (χ2v) is 6.55. The summed E-state index contributed by atoms with van der Waals surface area (Å²) in [5.74, 6) is 0.904. The number of carbonyl (C=O) groups excluding carboxylic acids is 1. The molecule has 2 N–H and O–H groups in total. The van der Waals surface area contributed by atoms with Crippen molar-refractivity contribution in [3.63, 3.8) is 0 Å². The molecule has 7 heteroatoms. The molecule has 2 aromatic rings. The molecule has 1 aromatic carbocycles. The van der Waals surface area contributed by atoms with Gasteiger partial charge in [0.15, 0.2) is 0 Å². The molecule has 1 amide bonds. The first-order chi connectivity index (χ1) is 11.6. The molecule has 128 valence electrons. The maximum absolute atomic E-state index is 12.1. The van der Waals surface area contributed by atoms with Crippen molar-refractivity contribution in [2.24, 2.45) is 5.41 Å². The van der Waals surface area contributed by atoms with Crippen molar-refractivity contribution >= 4 is 17.5 Å². The van der Waals surface area contributed by atoms with Gasteiger partial charge in [-0.05, 0) is 31.0 Å². The van der Waals surface area contributed by atoms with E-state index in [-0.39, 0.29) is 17.4 Å². The van der Waals surface area contributed by atoms with Crippen LogP contribution in [0.1, 0.15) is 32.6 Å². The highest BCUT2D eigenvalue weighted by Crippen LogP contribution is 2.34. The Bertz CT molecular complexity index is 727. The molecule has 6 nitrogen and oxygen atoms in total. The highest BCUT2D eigenvalue weighted by Gasteiger charge is 2.45. The zero-order chi connectivity index (χ0) is 17.2. The van der Waals surface area contributed by atoms with Gasteiger partial charge in [0.05, 0.1) is 12.6 Å². The Kier molecular flexibility index (Phi) is 4.87. The predicted octanol–water partition coefficient (Wildman–Crippen LogP) is 2.78. The van der Waals surface area contributed by atoms with Crippen molar-refractivity contribution < 1.29 is 9.21 Å². The van der Waals surface area contributed by atoms with Gasteiger partial charge >= 0.3 is 0 Å². The van der Waals surface area contributed by atoms with Crippen LogP contribution in [-0.4, -0.2) is 28.7 Å². The number of amides is 1. The largest absolute Gasteiger partial charge is 0.419 e. The van der Waals surface area contributed by atoms with Gasteiger partial charge in [-0.15, -0.1) is 10.2 Å². The second kappa shape index (κ2) is 6.91. The van der Waals surface area contributed by atoms with Gasteiger partial charge in [0.1, 0.15) is 0 Å². The summed E-state index contributed by atoms with van der Waals surface area (Å²) < 4.78 is 5.68. The SMILES string of the molecule is CCC1(CC)CNC(=O)C1NCc1nnc(-c2cccc(Cl)c2)o1. The highest BCUT2D eigenvalue weighted by molar-refractivity contribution is 6.30. The molecular formula is C17H21ClN4O2. The highest BCUT2D eigenvalue weighted by atomic mass is 35.5.